The average molecular weight is 380 g/mol. The van der Waals surface area contributed by atoms with Crippen LogP contribution in [-0.2, 0) is 10.9 Å². The second-order valence-electron chi connectivity index (χ2n) is 5.22. The minimum absolute atomic E-state index is 0.182. The third-order valence-corrected chi connectivity index (χ3v) is 4.52. The first-order valence-electron chi connectivity index (χ1n) is 7.25. The molecule has 0 aliphatic rings. The second-order valence-corrected chi connectivity index (χ2v) is 6.25. The smallest absolute Gasteiger partial charge is 0.443 e. The van der Waals surface area contributed by atoms with Crippen molar-refractivity contribution in [1.82, 2.24) is 4.98 Å². The minimum atomic E-state index is -4.52. The Hall–Kier alpha value is -2.94. The van der Waals surface area contributed by atoms with E-state index < -0.39 is 23.1 Å². The van der Waals surface area contributed by atoms with Crippen molar-refractivity contribution < 1.29 is 27.5 Å². The molecule has 1 heterocycles. The van der Waals surface area contributed by atoms with Gasteiger partial charge in [-0.1, -0.05) is 0 Å². The van der Waals surface area contributed by atoms with Crippen molar-refractivity contribution in [2.45, 2.75) is 6.18 Å². The van der Waals surface area contributed by atoms with Gasteiger partial charge in [0.25, 0.3) is 5.91 Å². The van der Waals surface area contributed by atoms with Gasteiger partial charge in [0.15, 0.2) is 5.01 Å². The molecule has 1 amide bonds. The number of carbonyl (C=O) groups is 2. The van der Waals surface area contributed by atoms with Crippen LogP contribution in [0.2, 0.25) is 0 Å². The van der Waals surface area contributed by atoms with Gasteiger partial charge in [0.2, 0.25) is 0 Å². The number of rotatable bonds is 3. The van der Waals surface area contributed by atoms with Crippen LogP contribution in [0.15, 0.2) is 42.5 Å². The molecular weight excluding hydrogens is 369 g/mol. The van der Waals surface area contributed by atoms with E-state index in [0.717, 1.165) is 0 Å². The third-order valence-electron chi connectivity index (χ3n) is 3.46. The zero-order valence-electron chi connectivity index (χ0n) is 13.3. The van der Waals surface area contributed by atoms with Gasteiger partial charge in [0, 0.05) is 11.3 Å². The number of halogens is 3. The lowest BCUT2D eigenvalue weighted by Gasteiger charge is -2.06. The zero-order chi connectivity index (χ0) is 18.9. The largest absolute Gasteiger partial charge is 0.465 e. The van der Waals surface area contributed by atoms with E-state index in [1.165, 1.54) is 49.6 Å². The summed E-state index contributed by atoms with van der Waals surface area (Å²) in [5.41, 5.74) is 1.15. The van der Waals surface area contributed by atoms with E-state index in [1.807, 2.05) is 0 Å². The number of alkyl halides is 3. The predicted octanol–water partition coefficient (Wildman–Crippen LogP) is 4.35. The fraction of sp³-hybridized carbons (Fsp3) is 0.118. The molecule has 0 aliphatic carbocycles. The molecule has 1 aromatic heterocycles. The van der Waals surface area contributed by atoms with E-state index >= 15 is 0 Å². The highest BCUT2D eigenvalue weighted by molar-refractivity contribution is 7.18. The van der Waals surface area contributed by atoms with E-state index in [0.29, 0.717) is 22.6 Å². The summed E-state index contributed by atoms with van der Waals surface area (Å²) in [5.74, 6) is -0.987. The number of carbonyl (C=O) groups excluding carboxylic acids is 2. The maximum absolute atomic E-state index is 12.7. The highest BCUT2D eigenvalue weighted by atomic mass is 32.1. The molecule has 0 fully saturated rings. The van der Waals surface area contributed by atoms with Crippen LogP contribution >= 0.6 is 11.3 Å². The summed E-state index contributed by atoms with van der Waals surface area (Å²) in [4.78, 5) is 27.2. The summed E-state index contributed by atoms with van der Waals surface area (Å²) in [5, 5.41) is 1.66. The number of fused-ring (bicyclic) bond motifs is 1. The summed E-state index contributed by atoms with van der Waals surface area (Å²) in [7, 11) is 1.26. The maximum atomic E-state index is 12.7. The SMILES string of the molecule is COC(=O)c1ccc(NC(=O)c2ccc3nc(C(F)(F)F)sc3c2)cc1. The van der Waals surface area contributed by atoms with Gasteiger partial charge in [-0.15, -0.1) is 11.3 Å². The van der Waals surface area contributed by atoms with Crippen molar-refractivity contribution in [3.8, 4) is 0 Å². The Labute approximate surface area is 149 Å². The first-order valence-corrected chi connectivity index (χ1v) is 8.07. The molecule has 0 atom stereocenters. The summed E-state index contributed by atoms with van der Waals surface area (Å²) in [6, 6.07) is 10.2. The Morgan fingerprint density at radius 3 is 2.35 bits per heavy atom. The number of ether oxygens (including phenoxy) is 1. The fourth-order valence-electron chi connectivity index (χ4n) is 2.20. The van der Waals surface area contributed by atoms with Crippen molar-refractivity contribution >= 4 is 39.1 Å². The molecule has 0 aliphatic heterocycles. The van der Waals surface area contributed by atoms with Crippen molar-refractivity contribution in [2.24, 2.45) is 0 Å². The lowest BCUT2D eigenvalue weighted by atomic mass is 10.1. The Kier molecular flexibility index (Phi) is 4.64. The lowest BCUT2D eigenvalue weighted by molar-refractivity contribution is -0.137. The summed E-state index contributed by atoms with van der Waals surface area (Å²) in [6.07, 6.45) is -4.52. The van der Waals surface area contributed by atoms with E-state index in [4.69, 9.17) is 0 Å². The van der Waals surface area contributed by atoms with Crippen molar-refractivity contribution in [3.63, 3.8) is 0 Å². The summed E-state index contributed by atoms with van der Waals surface area (Å²) in [6.45, 7) is 0. The van der Waals surface area contributed by atoms with Crippen LogP contribution in [0.4, 0.5) is 18.9 Å². The van der Waals surface area contributed by atoms with Gasteiger partial charge in [-0.25, -0.2) is 9.78 Å². The molecule has 26 heavy (non-hydrogen) atoms. The second kappa shape index (κ2) is 6.75. The first kappa shape index (κ1) is 17.9. The number of anilines is 1. The number of esters is 1. The van der Waals surface area contributed by atoms with Crippen LogP contribution in [0.5, 0.6) is 0 Å². The van der Waals surface area contributed by atoms with Crippen LogP contribution in [0.1, 0.15) is 25.7 Å². The van der Waals surface area contributed by atoms with Gasteiger partial charge in [-0.3, -0.25) is 4.79 Å². The molecule has 9 heteroatoms. The van der Waals surface area contributed by atoms with Crippen LogP contribution in [0.25, 0.3) is 10.2 Å². The molecule has 3 aromatic rings. The van der Waals surface area contributed by atoms with Crippen molar-refractivity contribution in [1.29, 1.82) is 0 Å². The molecular formula is C17H11F3N2O3S. The zero-order valence-corrected chi connectivity index (χ0v) is 14.1. The topological polar surface area (TPSA) is 68.3 Å². The molecule has 0 spiro atoms. The Bertz CT molecular complexity index is 981. The number of nitrogens with zero attached hydrogens (tertiary/aromatic N) is 1. The molecule has 3 rings (SSSR count). The van der Waals surface area contributed by atoms with Crippen molar-refractivity contribution in [3.05, 3.63) is 58.6 Å². The summed E-state index contributed by atoms with van der Waals surface area (Å²) < 4.78 is 43.0. The third kappa shape index (κ3) is 3.67. The number of aromatic nitrogens is 1. The molecule has 0 bridgehead atoms. The molecule has 0 saturated carbocycles. The predicted molar refractivity (Wildman–Crippen MR) is 90.4 cm³/mol. The van der Waals surface area contributed by atoms with Gasteiger partial charge in [-0.2, -0.15) is 13.2 Å². The van der Waals surface area contributed by atoms with Gasteiger partial charge >= 0.3 is 12.1 Å². The normalized spacial score (nSPS) is 11.4. The molecule has 0 unspecified atom stereocenters. The van der Waals surface area contributed by atoms with Crippen LogP contribution in [0.3, 0.4) is 0 Å². The van der Waals surface area contributed by atoms with Crippen LogP contribution in [-0.4, -0.2) is 24.0 Å². The highest BCUT2D eigenvalue weighted by Crippen LogP contribution is 2.35. The number of hydrogen-bond donors (Lipinski definition) is 1. The molecule has 2 aromatic carbocycles. The molecule has 1 N–H and O–H groups in total. The number of methoxy groups -OCH3 is 1. The van der Waals surface area contributed by atoms with Gasteiger partial charge in [0.05, 0.1) is 22.9 Å². The number of nitrogens with one attached hydrogen (secondary N) is 1. The Morgan fingerprint density at radius 1 is 1.08 bits per heavy atom. The highest BCUT2D eigenvalue weighted by Gasteiger charge is 2.34. The number of thiazole rings is 1. The van der Waals surface area contributed by atoms with E-state index in [-0.39, 0.29) is 15.8 Å². The number of benzene rings is 2. The van der Waals surface area contributed by atoms with Gasteiger partial charge in [0.1, 0.15) is 0 Å². The van der Waals surface area contributed by atoms with Crippen LogP contribution in [0, 0.1) is 0 Å². The average Bonchev–Trinajstić information content (AvgIpc) is 3.05. The van der Waals surface area contributed by atoms with Gasteiger partial charge < -0.3 is 10.1 Å². The molecule has 0 saturated heterocycles. The maximum Gasteiger partial charge on any atom is 0.443 e. The lowest BCUT2D eigenvalue weighted by Crippen LogP contribution is -2.12. The monoisotopic (exact) mass is 380 g/mol. The fourth-order valence-corrected chi connectivity index (χ4v) is 3.07. The Balaban J connectivity index is 1.80. The van der Waals surface area contributed by atoms with Crippen LogP contribution < -0.4 is 5.32 Å². The van der Waals surface area contributed by atoms with Gasteiger partial charge in [-0.05, 0) is 42.5 Å². The van der Waals surface area contributed by atoms with E-state index in [9.17, 15) is 22.8 Å². The van der Waals surface area contributed by atoms with E-state index in [2.05, 4.69) is 15.0 Å². The number of amides is 1. The number of hydrogen-bond acceptors (Lipinski definition) is 5. The Morgan fingerprint density at radius 2 is 1.73 bits per heavy atom. The molecule has 0 radical (unpaired) electrons. The summed E-state index contributed by atoms with van der Waals surface area (Å²) >= 11 is 0.482. The quantitative estimate of drug-likeness (QED) is 0.686. The standard InChI is InChI=1S/C17H11F3N2O3S/c1-25-15(24)9-2-5-11(6-3-9)21-14(23)10-4-7-12-13(8-10)26-16(22-12)17(18,19)20/h2-8H,1H3,(H,21,23). The van der Waals surface area contributed by atoms with Crippen molar-refractivity contribution in [2.75, 3.05) is 12.4 Å². The van der Waals surface area contributed by atoms with E-state index in [1.54, 1.807) is 0 Å². The molecule has 5 nitrogen and oxygen atoms in total. The molecule has 134 valence electrons. The minimum Gasteiger partial charge on any atom is -0.465 e. The first-order chi connectivity index (χ1) is 12.3.